The van der Waals surface area contributed by atoms with Crippen molar-refractivity contribution >= 4 is 40.5 Å². The Labute approximate surface area is 152 Å². The van der Waals surface area contributed by atoms with Crippen LogP contribution in [0, 0.1) is 6.92 Å². The Hall–Kier alpha value is 0.650. The third-order valence-electron chi connectivity index (χ3n) is 2.20. The van der Waals surface area contributed by atoms with Crippen LogP contribution in [0.4, 0.5) is 0 Å². The van der Waals surface area contributed by atoms with E-state index in [9.17, 15) is 10.1 Å². The van der Waals surface area contributed by atoms with Crippen molar-refractivity contribution in [3.8, 4) is 0 Å². The van der Waals surface area contributed by atoms with Gasteiger partial charge in [0, 0.05) is 20.9 Å². The number of halogens is 1. The average molecular weight is 405 g/mol. The second-order valence-electron chi connectivity index (χ2n) is 3.73. The number of carbonyl (C=O) groups is 1. The summed E-state index contributed by atoms with van der Waals surface area (Å²) in [6.07, 6.45) is 0. The van der Waals surface area contributed by atoms with Gasteiger partial charge >= 0.3 is 29.6 Å². The molecule has 1 unspecified atom stereocenters. The Kier molecular flexibility index (Phi) is 10.7. The molecular formula is C11H13INNaO4S. The Bertz CT molecular complexity index is 422. The Morgan fingerprint density at radius 2 is 2.26 bits per heavy atom. The van der Waals surface area contributed by atoms with Crippen LogP contribution >= 0.6 is 34.6 Å². The van der Waals surface area contributed by atoms with Crippen LogP contribution in [-0.2, 0) is 9.37 Å². The Morgan fingerprint density at radius 1 is 1.58 bits per heavy atom. The van der Waals surface area contributed by atoms with Crippen molar-refractivity contribution in [2.24, 2.45) is 0 Å². The van der Waals surface area contributed by atoms with E-state index in [1.54, 1.807) is 18.2 Å². The maximum Gasteiger partial charge on any atom is 1.00 e. The van der Waals surface area contributed by atoms with Gasteiger partial charge in [0.1, 0.15) is 0 Å². The molecule has 8 heteroatoms. The van der Waals surface area contributed by atoms with Gasteiger partial charge in [0.05, 0.1) is 12.0 Å². The molecule has 1 amide bonds. The minimum absolute atomic E-state index is 0. The number of amides is 1. The molecule has 1 aromatic carbocycles. The van der Waals surface area contributed by atoms with E-state index in [0.717, 1.165) is 26.9 Å². The molecule has 0 bridgehead atoms. The van der Waals surface area contributed by atoms with E-state index in [0.29, 0.717) is 5.56 Å². The molecule has 1 N–H and O–H groups in total. The smallest absolute Gasteiger partial charge is 0.691 e. The van der Waals surface area contributed by atoms with E-state index in [-0.39, 0.29) is 41.5 Å². The summed E-state index contributed by atoms with van der Waals surface area (Å²) in [4.78, 5) is 12.6. The van der Waals surface area contributed by atoms with Crippen molar-refractivity contribution in [2.45, 2.75) is 24.8 Å². The number of hydrogen-bond acceptors (Lipinski definition) is 5. The normalized spacial score (nSPS) is 11.6. The van der Waals surface area contributed by atoms with Gasteiger partial charge in [-0.25, -0.2) is 0 Å². The third kappa shape index (κ3) is 6.76. The van der Waals surface area contributed by atoms with Crippen LogP contribution in [0.25, 0.3) is 0 Å². The Morgan fingerprint density at radius 3 is 2.79 bits per heavy atom. The number of aryl methyl sites for hydroxylation is 1. The van der Waals surface area contributed by atoms with E-state index < -0.39 is 0 Å². The van der Waals surface area contributed by atoms with Crippen LogP contribution in [0.5, 0.6) is 0 Å². The fraction of sp³-hybridized carbons (Fsp3) is 0.364. The molecule has 0 radical (unpaired) electrons. The molecule has 0 fully saturated rings. The van der Waals surface area contributed by atoms with Gasteiger partial charge < -0.3 is 10.6 Å². The molecule has 0 aromatic heterocycles. The number of benzene rings is 1. The zero-order chi connectivity index (χ0) is 13.5. The van der Waals surface area contributed by atoms with Crippen LogP contribution in [0.15, 0.2) is 23.1 Å². The number of hydrogen-bond donors (Lipinski definition) is 1. The van der Waals surface area contributed by atoms with Crippen LogP contribution in [-0.4, -0.2) is 16.4 Å². The molecule has 5 nitrogen and oxygen atoms in total. The zero-order valence-electron chi connectivity index (χ0n) is 10.9. The van der Waals surface area contributed by atoms with Gasteiger partial charge in [0.15, 0.2) is 0 Å². The SMILES string of the molecule is Cc1cc(C(=O)NC(C)CI)ccc1SOO[O-].[Na+]. The molecule has 0 aliphatic rings. The van der Waals surface area contributed by atoms with E-state index in [4.69, 9.17) is 0 Å². The van der Waals surface area contributed by atoms with Crippen LogP contribution < -0.4 is 40.1 Å². The van der Waals surface area contributed by atoms with Gasteiger partial charge in [-0.05, 0) is 37.6 Å². The van der Waals surface area contributed by atoms with Gasteiger partial charge in [-0.3, -0.25) is 9.83 Å². The van der Waals surface area contributed by atoms with Gasteiger partial charge in [-0.15, -0.1) is 0 Å². The minimum Gasteiger partial charge on any atom is -0.691 e. The first-order valence-electron chi connectivity index (χ1n) is 5.19. The minimum atomic E-state index is -0.111. The largest absolute Gasteiger partial charge is 1.00 e. The fourth-order valence-corrected chi connectivity index (χ4v) is 1.92. The summed E-state index contributed by atoms with van der Waals surface area (Å²) >= 11 is 3.03. The summed E-state index contributed by atoms with van der Waals surface area (Å²) < 4.78 is 5.09. The molecular weight excluding hydrogens is 392 g/mol. The summed E-state index contributed by atoms with van der Waals surface area (Å²) in [6, 6.07) is 5.26. The first-order chi connectivity index (χ1) is 8.58. The topological polar surface area (TPSA) is 70.6 Å². The number of carbonyl (C=O) groups excluding carboxylic acids is 1. The molecule has 0 aliphatic carbocycles. The molecule has 0 spiro atoms. The summed E-state index contributed by atoms with van der Waals surface area (Å²) in [5, 5.41) is 15.9. The molecule has 19 heavy (non-hydrogen) atoms. The summed E-state index contributed by atoms with van der Waals surface area (Å²) in [6.45, 7) is 3.77. The molecule has 1 atom stereocenters. The quantitative estimate of drug-likeness (QED) is 0.161. The number of nitrogens with one attached hydrogen (secondary N) is 1. The van der Waals surface area contributed by atoms with Crippen molar-refractivity contribution in [3.05, 3.63) is 29.3 Å². The average Bonchev–Trinajstić information content (AvgIpc) is 2.37. The standard InChI is InChI=1S/C11H14INO4S.Na/c1-7-5-9(11(14)13-8(2)6-12)3-4-10(7)18-17-16-15;/h3-5,8,15H,6H2,1-2H3,(H,13,14);/q;+1/p-1. The van der Waals surface area contributed by atoms with Gasteiger partial charge in [0.2, 0.25) is 0 Å². The van der Waals surface area contributed by atoms with Crippen molar-refractivity contribution in [2.75, 3.05) is 4.43 Å². The predicted molar refractivity (Wildman–Crippen MR) is 75.0 cm³/mol. The molecule has 0 saturated heterocycles. The van der Waals surface area contributed by atoms with Crippen molar-refractivity contribution < 1.29 is 49.0 Å². The van der Waals surface area contributed by atoms with E-state index in [1.165, 1.54) is 0 Å². The van der Waals surface area contributed by atoms with Gasteiger partial charge in [0.25, 0.3) is 5.91 Å². The third-order valence-corrected chi connectivity index (χ3v) is 4.28. The molecule has 0 aliphatic heterocycles. The Balaban J connectivity index is 0.00000324. The maximum atomic E-state index is 11.9. The van der Waals surface area contributed by atoms with Crippen molar-refractivity contribution in [1.29, 1.82) is 0 Å². The van der Waals surface area contributed by atoms with Crippen LogP contribution in [0.3, 0.4) is 0 Å². The first-order valence-corrected chi connectivity index (χ1v) is 7.45. The van der Waals surface area contributed by atoms with Gasteiger partial charge in [-0.2, -0.15) is 4.33 Å². The molecule has 0 saturated carbocycles. The van der Waals surface area contributed by atoms with Crippen molar-refractivity contribution in [1.82, 2.24) is 5.32 Å². The second-order valence-corrected chi connectivity index (χ2v) is 5.35. The number of rotatable bonds is 6. The molecule has 0 heterocycles. The van der Waals surface area contributed by atoms with E-state index >= 15 is 0 Å². The predicted octanol–water partition coefficient (Wildman–Crippen LogP) is -1.22. The van der Waals surface area contributed by atoms with Crippen LogP contribution in [0.1, 0.15) is 22.8 Å². The monoisotopic (exact) mass is 405 g/mol. The molecule has 1 aromatic rings. The molecule has 1 rings (SSSR count). The summed E-state index contributed by atoms with van der Waals surface area (Å²) in [5.74, 6) is -0.111. The molecule has 100 valence electrons. The van der Waals surface area contributed by atoms with Crippen molar-refractivity contribution in [3.63, 3.8) is 0 Å². The summed E-state index contributed by atoms with van der Waals surface area (Å²) in [7, 11) is 0. The van der Waals surface area contributed by atoms with Crippen LogP contribution in [0.2, 0.25) is 0 Å². The first kappa shape index (κ1) is 19.7. The second kappa shape index (κ2) is 10.4. The number of alkyl halides is 1. The maximum absolute atomic E-state index is 11.9. The summed E-state index contributed by atoms with van der Waals surface area (Å²) in [5.41, 5.74) is 1.42. The van der Waals surface area contributed by atoms with E-state index in [2.05, 4.69) is 37.3 Å². The van der Waals surface area contributed by atoms with Gasteiger partial charge in [-0.1, -0.05) is 22.6 Å². The fourth-order valence-electron chi connectivity index (χ4n) is 1.28. The zero-order valence-corrected chi connectivity index (χ0v) is 15.9. The van der Waals surface area contributed by atoms with E-state index in [1.807, 2.05) is 13.8 Å².